The molecule has 0 saturated carbocycles. The average Bonchev–Trinajstić information content (AvgIpc) is 2.37. The van der Waals surface area contributed by atoms with Gasteiger partial charge in [-0.1, -0.05) is 35.8 Å². The van der Waals surface area contributed by atoms with E-state index < -0.39 is 0 Å². The largest absolute Gasteiger partial charge is 0.365 e. The molecule has 1 aromatic rings. The molecule has 1 amide bonds. The molecule has 1 rings (SSSR count). The number of hydrogen-bond acceptors (Lipinski definition) is 3. The molecule has 0 spiro atoms. The third-order valence-corrected chi connectivity index (χ3v) is 3.41. The quantitative estimate of drug-likeness (QED) is 0.800. The predicted octanol–water partition coefficient (Wildman–Crippen LogP) is 2.52. The Bertz CT molecular complexity index is 449. The number of nitrogens with zero attached hydrogens (tertiary/aromatic N) is 1. The van der Waals surface area contributed by atoms with Crippen molar-refractivity contribution in [2.45, 2.75) is 33.4 Å². The molecule has 0 aliphatic carbocycles. The maximum atomic E-state index is 11.7. The van der Waals surface area contributed by atoms with Crippen LogP contribution in [-0.2, 0) is 11.3 Å². The molecule has 4 nitrogen and oxygen atoms in total. The fourth-order valence-corrected chi connectivity index (χ4v) is 2.26. The molecule has 112 valence electrons. The van der Waals surface area contributed by atoms with E-state index in [0.29, 0.717) is 19.1 Å². The predicted molar refractivity (Wildman–Crippen MR) is 88.1 cm³/mol. The lowest BCUT2D eigenvalue weighted by Crippen LogP contribution is -2.35. The summed E-state index contributed by atoms with van der Waals surface area (Å²) in [5.41, 5.74) is 2.26. The van der Waals surface area contributed by atoms with Crippen LogP contribution in [0, 0.1) is 0 Å². The zero-order valence-corrected chi connectivity index (χ0v) is 14.3. The van der Waals surface area contributed by atoms with Crippen LogP contribution in [0.2, 0.25) is 0 Å². The lowest BCUT2D eigenvalue weighted by Gasteiger charge is -2.23. The topological polar surface area (TPSA) is 44.4 Å². The van der Waals surface area contributed by atoms with Crippen LogP contribution in [0.3, 0.4) is 0 Å². The first kappa shape index (κ1) is 17.0. The summed E-state index contributed by atoms with van der Waals surface area (Å²) in [6.45, 7) is 7.98. The Balaban J connectivity index is 2.84. The van der Waals surface area contributed by atoms with Gasteiger partial charge in [-0.3, -0.25) is 4.79 Å². The molecule has 0 unspecified atom stereocenters. The number of rotatable bonds is 7. The van der Waals surface area contributed by atoms with Crippen LogP contribution < -0.4 is 15.5 Å². The second-order valence-corrected chi connectivity index (χ2v) is 6.03. The van der Waals surface area contributed by atoms with E-state index in [1.54, 1.807) is 0 Å². The van der Waals surface area contributed by atoms with Crippen molar-refractivity contribution in [3.63, 3.8) is 0 Å². The standard InChI is InChI=1S/C15H24BrN3O/c1-5-17-15(20)10-19(4)14-8-13(16)7-6-12(14)9-18-11(2)3/h6-8,11,18H,5,9-10H2,1-4H3,(H,17,20). The summed E-state index contributed by atoms with van der Waals surface area (Å²) in [6, 6.07) is 6.60. The van der Waals surface area contributed by atoms with Gasteiger partial charge in [0.05, 0.1) is 6.54 Å². The Morgan fingerprint density at radius 1 is 1.40 bits per heavy atom. The Kier molecular flexibility index (Phi) is 7.02. The monoisotopic (exact) mass is 341 g/mol. The number of halogens is 1. The van der Waals surface area contributed by atoms with Gasteiger partial charge in [0.25, 0.3) is 0 Å². The highest BCUT2D eigenvalue weighted by Gasteiger charge is 2.11. The molecule has 0 radical (unpaired) electrons. The second kappa shape index (κ2) is 8.27. The van der Waals surface area contributed by atoms with Crippen LogP contribution in [0.15, 0.2) is 22.7 Å². The van der Waals surface area contributed by atoms with Crippen molar-refractivity contribution in [1.82, 2.24) is 10.6 Å². The maximum Gasteiger partial charge on any atom is 0.239 e. The zero-order chi connectivity index (χ0) is 15.1. The van der Waals surface area contributed by atoms with E-state index in [9.17, 15) is 4.79 Å². The van der Waals surface area contributed by atoms with Crippen molar-refractivity contribution in [2.24, 2.45) is 0 Å². The van der Waals surface area contributed by atoms with Gasteiger partial charge in [0.15, 0.2) is 0 Å². The fraction of sp³-hybridized carbons (Fsp3) is 0.533. The molecular weight excluding hydrogens is 318 g/mol. The minimum Gasteiger partial charge on any atom is -0.365 e. The number of carbonyl (C=O) groups is 1. The van der Waals surface area contributed by atoms with Gasteiger partial charge in [-0.25, -0.2) is 0 Å². The molecule has 5 heteroatoms. The number of carbonyl (C=O) groups excluding carboxylic acids is 1. The van der Waals surface area contributed by atoms with Crippen LogP contribution in [-0.4, -0.2) is 32.1 Å². The number of anilines is 1. The van der Waals surface area contributed by atoms with Crippen LogP contribution in [0.1, 0.15) is 26.3 Å². The minimum atomic E-state index is 0.0396. The Labute approximate surface area is 130 Å². The van der Waals surface area contributed by atoms with E-state index in [4.69, 9.17) is 0 Å². The first-order chi connectivity index (χ1) is 9.43. The van der Waals surface area contributed by atoms with Gasteiger partial charge >= 0.3 is 0 Å². The number of nitrogens with one attached hydrogen (secondary N) is 2. The van der Waals surface area contributed by atoms with Gasteiger partial charge in [-0.05, 0) is 24.6 Å². The molecule has 0 heterocycles. The van der Waals surface area contributed by atoms with Crippen molar-refractivity contribution in [3.8, 4) is 0 Å². The van der Waals surface area contributed by atoms with Crippen molar-refractivity contribution >= 4 is 27.5 Å². The molecule has 0 fully saturated rings. The summed E-state index contributed by atoms with van der Waals surface area (Å²) < 4.78 is 1.02. The van der Waals surface area contributed by atoms with Crippen LogP contribution in [0.4, 0.5) is 5.69 Å². The minimum absolute atomic E-state index is 0.0396. The van der Waals surface area contributed by atoms with Crippen molar-refractivity contribution in [3.05, 3.63) is 28.2 Å². The lowest BCUT2D eigenvalue weighted by molar-refractivity contribution is -0.119. The van der Waals surface area contributed by atoms with Gasteiger partial charge in [0.2, 0.25) is 5.91 Å². The number of hydrogen-bond donors (Lipinski definition) is 2. The molecule has 1 aromatic carbocycles. The smallest absolute Gasteiger partial charge is 0.239 e. The Morgan fingerprint density at radius 3 is 2.70 bits per heavy atom. The Morgan fingerprint density at radius 2 is 2.10 bits per heavy atom. The molecular formula is C15H24BrN3O. The van der Waals surface area contributed by atoms with Crippen LogP contribution in [0.25, 0.3) is 0 Å². The molecule has 0 aliphatic heterocycles. The van der Waals surface area contributed by atoms with Crippen molar-refractivity contribution in [2.75, 3.05) is 25.0 Å². The van der Waals surface area contributed by atoms with Crippen LogP contribution in [0.5, 0.6) is 0 Å². The summed E-state index contributed by atoms with van der Waals surface area (Å²) in [7, 11) is 1.94. The molecule has 0 aliphatic rings. The van der Waals surface area contributed by atoms with E-state index >= 15 is 0 Å². The summed E-state index contributed by atoms with van der Waals surface area (Å²) >= 11 is 3.49. The third kappa shape index (κ3) is 5.51. The fourth-order valence-electron chi connectivity index (χ4n) is 1.91. The van der Waals surface area contributed by atoms with Gasteiger partial charge < -0.3 is 15.5 Å². The van der Waals surface area contributed by atoms with Gasteiger partial charge in [-0.15, -0.1) is 0 Å². The highest BCUT2D eigenvalue weighted by Crippen LogP contribution is 2.24. The van der Waals surface area contributed by atoms with E-state index in [1.807, 2.05) is 24.9 Å². The molecule has 0 bridgehead atoms. The second-order valence-electron chi connectivity index (χ2n) is 5.12. The number of likely N-dealkylation sites (N-methyl/N-ethyl adjacent to an activating group) is 2. The van der Waals surface area contributed by atoms with Gasteiger partial charge in [0.1, 0.15) is 0 Å². The summed E-state index contributed by atoms with van der Waals surface area (Å²) in [5.74, 6) is 0.0396. The van der Waals surface area contributed by atoms with E-state index in [0.717, 1.165) is 16.7 Å². The first-order valence-electron chi connectivity index (χ1n) is 6.93. The number of benzene rings is 1. The first-order valence-corrected chi connectivity index (χ1v) is 7.73. The normalized spacial score (nSPS) is 10.7. The van der Waals surface area contributed by atoms with Gasteiger partial charge in [0, 0.05) is 36.3 Å². The third-order valence-electron chi connectivity index (χ3n) is 2.91. The average molecular weight is 342 g/mol. The summed E-state index contributed by atoms with van der Waals surface area (Å²) in [5, 5.41) is 6.24. The summed E-state index contributed by atoms with van der Waals surface area (Å²) in [6.07, 6.45) is 0. The zero-order valence-electron chi connectivity index (χ0n) is 12.7. The lowest BCUT2D eigenvalue weighted by atomic mass is 10.1. The molecule has 0 atom stereocenters. The van der Waals surface area contributed by atoms with Crippen molar-refractivity contribution < 1.29 is 4.79 Å². The molecule has 0 saturated heterocycles. The highest BCUT2D eigenvalue weighted by molar-refractivity contribution is 9.10. The Hall–Kier alpha value is -1.07. The van der Waals surface area contributed by atoms with Crippen LogP contribution >= 0.6 is 15.9 Å². The molecule has 2 N–H and O–H groups in total. The molecule has 0 aromatic heterocycles. The van der Waals surface area contributed by atoms with E-state index in [1.165, 1.54) is 5.56 Å². The van der Waals surface area contributed by atoms with E-state index in [-0.39, 0.29) is 5.91 Å². The summed E-state index contributed by atoms with van der Waals surface area (Å²) in [4.78, 5) is 13.7. The highest BCUT2D eigenvalue weighted by atomic mass is 79.9. The maximum absolute atomic E-state index is 11.7. The van der Waals surface area contributed by atoms with E-state index in [2.05, 4.69) is 52.5 Å². The SMILES string of the molecule is CCNC(=O)CN(C)c1cc(Br)ccc1CNC(C)C. The van der Waals surface area contributed by atoms with Gasteiger partial charge in [-0.2, -0.15) is 0 Å². The molecule has 20 heavy (non-hydrogen) atoms. The number of amides is 1. The van der Waals surface area contributed by atoms with Crippen molar-refractivity contribution in [1.29, 1.82) is 0 Å².